The van der Waals surface area contributed by atoms with Gasteiger partial charge in [0.2, 0.25) is 0 Å². The van der Waals surface area contributed by atoms with Crippen LogP contribution < -0.4 is 0 Å². The van der Waals surface area contributed by atoms with E-state index < -0.39 is 0 Å². The Kier molecular flexibility index (Phi) is 2.71. The summed E-state index contributed by atoms with van der Waals surface area (Å²) in [5, 5.41) is 26.4. The van der Waals surface area contributed by atoms with Crippen molar-refractivity contribution in [3.8, 4) is 5.75 Å². The van der Waals surface area contributed by atoms with Crippen LogP contribution in [0.2, 0.25) is 0 Å². The van der Waals surface area contributed by atoms with Crippen molar-refractivity contribution in [2.24, 2.45) is 0 Å². The Morgan fingerprint density at radius 2 is 2.08 bits per heavy atom. The maximum atomic E-state index is 9.16. The molecule has 0 aromatic heterocycles. The van der Waals surface area contributed by atoms with Crippen LogP contribution >= 0.6 is 0 Å². The molecular formula is C9H10O3. The highest BCUT2D eigenvalue weighted by atomic mass is 16.3. The lowest BCUT2D eigenvalue weighted by Crippen LogP contribution is -1.84. The van der Waals surface area contributed by atoms with Crippen LogP contribution in [0.3, 0.4) is 0 Å². The van der Waals surface area contributed by atoms with Crippen molar-refractivity contribution in [1.29, 1.82) is 0 Å². The molecule has 3 N–H and O–H groups in total. The predicted octanol–water partition coefficient (Wildman–Crippen LogP) is 1.41. The van der Waals surface area contributed by atoms with Crippen molar-refractivity contribution >= 4 is 6.08 Å². The second-order valence-corrected chi connectivity index (χ2v) is 2.36. The monoisotopic (exact) mass is 166 g/mol. The van der Waals surface area contributed by atoms with Crippen LogP contribution in [0.15, 0.2) is 24.5 Å². The van der Waals surface area contributed by atoms with E-state index >= 15 is 0 Å². The zero-order chi connectivity index (χ0) is 8.97. The molecule has 64 valence electrons. The fourth-order valence-electron chi connectivity index (χ4n) is 0.922. The van der Waals surface area contributed by atoms with Gasteiger partial charge in [0.1, 0.15) is 5.75 Å². The van der Waals surface area contributed by atoms with E-state index in [-0.39, 0.29) is 12.4 Å². The molecular weight excluding hydrogens is 156 g/mol. The largest absolute Gasteiger partial charge is 0.516 e. The fraction of sp³-hybridized carbons (Fsp3) is 0.111. The number of aromatic hydroxyl groups is 1. The SMILES string of the molecule is O/C=C/c1ccc(O)c(CO)c1. The quantitative estimate of drug-likeness (QED) is 0.582. The summed E-state index contributed by atoms with van der Waals surface area (Å²) < 4.78 is 0. The molecule has 0 spiro atoms. The summed E-state index contributed by atoms with van der Waals surface area (Å²) in [6.45, 7) is -0.209. The van der Waals surface area contributed by atoms with E-state index in [4.69, 9.17) is 15.3 Å². The van der Waals surface area contributed by atoms with Gasteiger partial charge in [0, 0.05) is 5.56 Å². The van der Waals surface area contributed by atoms with Gasteiger partial charge in [0.05, 0.1) is 12.9 Å². The Hall–Kier alpha value is -1.48. The van der Waals surface area contributed by atoms with Crippen molar-refractivity contribution in [2.45, 2.75) is 6.61 Å². The second-order valence-electron chi connectivity index (χ2n) is 2.36. The van der Waals surface area contributed by atoms with Gasteiger partial charge in [-0.25, -0.2) is 0 Å². The maximum absolute atomic E-state index is 9.16. The van der Waals surface area contributed by atoms with Crippen LogP contribution in [0.25, 0.3) is 6.08 Å². The summed E-state index contributed by atoms with van der Waals surface area (Å²) in [4.78, 5) is 0. The average Bonchev–Trinajstić information content (AvgIpc) is 2.09. The first-order chi connectivity index (χ1) is 5.77. The molecule has 1 aromatic rings. The number of aliphatic hydroxyl groups excluding tert-OH is 2. The third-order valence-corrected chi connectivity index (χ3v) is 1.54. The van der Waals surface area contributed by atoms with E-state index in [1.807, 2.05) is 0 Å². The molecule has 0 radical (unpaired) electrons. The lowest BCUT2D eigenvalue weighted by atomic mass is 10.1. The normalized spacial score (nSPS) is 10.8. The molecule has 3 nitrogen and oxygen atoms in total. The number of hydrogen-bond donors (Lipinski definition) is 3. The minimum atomic E-state index is -0.209. The molecule has 1 aromatic carbocycles. The topological polar surface area (TPSA) is 60.7 Å². The zero-order valence-corrected chi connectivity index (χ0v) is 6.44. The van der Waals surface area contributed by atoms with E-state index in [1.165, 1.54) is 12.1 Å². The highest BCUT2D eigenvalue weighted by molar-refractivity contribution is 5.52. The lowest BCUT2D eigenvalue weighted by molar-refractivity contribution is 0.275. The lowest BCUT2D eigenvalue weighted by Gasteiger charge is -2.01. The van der Waals surface area contributed by atoms with Crippen molar-refractivity contribution in [3.05, 3.63) is 35.6 Å². The third kappa shape index (κ3) is 1.77. The number of rotatable bonds is 2. The minimum Gasteiger partial charge on any atom is -0.516 e. The van der Waals surface area contributed by atoms with Crippen molar-refractivity contribution in [2.75, 3.05) is 0 Å². The molecule has 0 fully saturated rings. The molecule has 12 heavy (non-hydrogen) atoms. The Balaban J connectivity index is 3.05. The first kappa shape index (κ1) is 8.62. The molecule has 0 atom stereocenters. The first-order valence-corrected chi connectivity index (χ1v) is 3.51. The van der Waals surface area contributed by atoms with E-state index in [9.17, 15) is 0 Å². The fourth-order valence-corrected chi connectivity index (χ4v) is 0.922. The van der Waals surface area contributed by atoms with Crippen molar-refractivity contribution in [1.82, 2.24) is 0 Å². The first-order valence-electron chi connectivity index (χ1n) is 3.51. The molecule has 1 rings (SSSR count). The molecule has 0 aliphatic heterocycles. The Morgan fingerprint density at radius 3 is 2.67 bits per heavy atom. The van der Waals surface area contributed by atoms with Gasteiger partial charge < -0.3 is 15.3 Å². The average molecular weight is 166 g/mol. The molecule has 3 heteroatoms. The predicted molar refractivity (Wildman–Crippen MR) is 45.7 cm³/mol. The van der Waals surface area contributed by atoms with Crippen LogP contribution in [-0.4, -0.2) is 15.3 Å². The Morgan fingerprint density at radius 1 is 1.33 bits per heavy atom. The number of phenols is 1. The summed E-state index contributed by atoms with van der Waals surface area (Å²) in [7, 11) is 0. The van der Waals surface area contributed by atoms with Gasteiger partial charge in [0.25, 0.3) is 0 Å². The van der Waals surface area contributed by atoms with E-state index in [1.54, 1.807) is 12.1 Å². The molecule has 0 aliphatic carbocycles. The van der Waals surface area contributed by atoms with Crippen molar-refractivity contribution < 1.29 is 15.3 Å². The Bertz CT molecular complexity index is 292. The van der Waals surface area contributed by atoms with Crippen LogP contribution in [0.4, 0.5) is 0 Å². The van der Waals surface area contributed by atoms with Gasteiger partial charge in [-0.15, -0.1) is 0 Å². The van der Waals surface area contributed by atoms with Gasteiger partial charge in [-0.2, -0.15) is 0 Å². The van der Waals surface area contributed by atoms with E-state index in [0.29, 0.717) is 5.56 Å². The van der Waals surface area contributed by atoms with Gasteiger partial charge in [-0.1, -0.05) is 6.07 Å². The Labute approximate surface area is 70.2 Å². The summed E-state index contributed by atoms with van der Waals surface area (Å²) in [5.74, 6) is 0.0626. The molecule has 0 unspecified atom stereocenters. The van der Waals surface area contributed by atoms with Crippen LogP contribution in [0, 0.1) is 0 Å². The molecule has 0 heterocycles. The second kappa shape index (κ2) is 3.78. The molecule has 0 amide bonds. The highest BCUT2D eigenvalue weighted by Crippen LogP contribution is 2.18. The van der Waals surface area contributed by atoms with E-state index in [2.05, 4.69) is 0 Å². The van der Waals surface area contributed by atoms with Crippen molar-refractivity contribution in [3.63, 3.8) is 0 Å². The van der Waals surface area contributed by atoms with Crippen LogP contribution in [-0.2, 0) is 6.61 Å². The van der Waals surface area contributed by atoms with Gasteiger partial charge in [-0.3, -0.25) is 0 Å². The molecule has 0 saturated carbocycles. The zero-order valence-electron chi connectivity index (χ0n) is 6.44. The number of hydrogen-bond acceptors (Lipinski definition) is 3. The van der Waals surface area contributed by atoms with Crippen LogP contribution in [0.5, 0.6) is 5.75 Å². The molecule has 0 saturated heterocycles. The summed E-state index contributed by atoms with van der Waals surface area (Å²) in [5.41, 5.74) is 1.19. The third-order valence-electron chi connectivity index (χ3n) is 1.54. The standard InChI is InChI=1S/C9H10O3/c10-4-3-7-1-2-9(12)8(5-7)6-11/h1-5,10-12H,6H2/b4-3+. The number of benzene rings is 1. The minimum absolute atomic E-state index is 0.0626. The maximum Gasteiger partial charge on any atom is 0.121 e. The van der Waals surface area contributed by atoms with Crippen LogP contribution in [0.1, 0.15) is 11.1 Å². The summed E-state index contributed by atoms with van der Waals surface area (Å²) >= 11 is 0. The molecule has 0 aliphatic rings. The smallest absolute Gasteiger partial charge is 0.121 e. The summed E-state index contributed by atoms with van der Waals surface area (Å²) in [6.07, 6.45) is 2.38. The molecule has 0 bridgehead atoms. The summed E-state index contributed by atoms with van der Waals surface area (Å²) in [6, 6.07) is 4.71. The van der Waals surface area contributed by atoms with E-state index in [0.717, 1.165) is 11.8 Å². The van der Waals surface area contributed by atoms with Gasteiger partial charge in [-0.05, 0) is 23.8 Å². The van der Waals surface area contributed by atoms with Gasteiger partial charge in [0.15, 0.2) is 0 Å². The highest BCUT2D eigenvalue weighted by Gasteiger charge is 1.98. The van der Waals surface area contributed by atoms with Gasteiger partial charge >= 0.3 is 0 Å². The number of aliphatic hydroxyl groups is 2.